The van der Waals surface area contributed by atoms with Crippen molar-refractivity contribution in [2.45, 2.75) is 0 Å². The van der Waals surface area contributed by atoms with E-state index in [9.17, 15) is 19.7 Å². The van der Waals surface area contributed by atoms with Crippen molar-refractivity contribution in [2.24, 2.45) is 0 Å². The number of carbonyl (C=O) groups excluding carboxylic acids is 2. The van der Waals surface area contributed by atoms with Crippen LogP contribution in [0, 0.1) is 10.1 Å². The number of nitrogens with zero attached hydrogens (tertiary/aromatic N) is 1. The molecule has 8 heteroatoms. The monoisotopic (exact) mass is 573 g/mol. The van der Waals surface area contributed by atoms with Crippen molar-refractivity contribution in [1.29, 1.82) is 0 Å². The number of benzene rings is 5. The first-order valence-electron chi connectivity index (χ1n) is 13.1. The van der Waals surface area contributed by atoms with E-state index in [0.717, 1.165) is 15.9 Å². The third-order valence-corrected chi connectivity index (χ3v) is 11.6. The van der Waals surface area contributed by atoms with E-state index in [2.05, 4.69) is 0 Å². The average Bonchev–Trinajstić information content (AvgIpc) is 3.37. The van der Waals surface area contributed by atoms with Crippen LogP contribution in [-0.2, 0) is 9.53 Å². The zero-order valence-corrected chi connectivity index (χ0v) is 23.4. The van der Waals surface area contributed by atoms with E-state index in [1.165, 1.54) is 19.2 Å². The van der Waals surface area contributed by atoms with Crippen LogP contribution in [0.5, 0.6) is 5.75 Å². The van der Waals surface area contributed by atoms with Crippen molar-refractivity contribution in [3.63, 3.8) is 0 Å². The van der Waals surface area contributed by atoms with Crippen LogP contribution >= 0.6 is 6.89 Å². The Morgan fingerprint density at radius 1 is 0.738 bits per heavy atom. The number of nitro benzene ring substituents is 1. The zero-order chi connectivity index (χ0) is 29.3. The first-order valence-corrected chi connectivity index (χ1v) is 14.9. The fraction of sp³-hybridized carbons (Fsp3) is 0.0294. The van der Waals surface area contributed by atoms with E-state index in [1.54, 1.807) is 24.3 Å². The number of non-ortho nitro benzene ring substituents is 1. The molecule has 206 valence electrons. The summed E-state index contributed by atoms with van der Waals surface area (Å²) in [5.74, 6) is -0.789. The summed E-state index contributed by atoms with van der Waals surface area (Å²) in [6, 6.07) is 38.8. The zero-order valence-electron chi connectivity index (χ0n) is 22.5. The number of ether oxygens (including phenoxy) is 2. The summed E-state index contributed by atoms with van der Waals surface area (Å²) in [5.41, 5.74) is 1.63. The summed E-state index contributed by atoms with van der Waals surface area (Å²) in [6.07, 6.45) is 0. The second kappa shape index (κ2) is 11.0. The molecule has 6 rings (SSSR count). The van der Waals surface area contributed by atoms with Crippen molar-refractivity contribution in [2.75, 3.05) is 7.11 Å². The summed E-state index contributed by atoms with van der Waals surface area (Å²) < 4.78 is 11.1. The first kappa shape index (κ1) is 26.9. The van der Waals surface area contributed by atoms with Gasteiger partial charge in [-0.2, -0.15) is 0 Å². The summed E-state index contributed by atoms with van der Waals surface area (Å²) >= 11 is 0. The predicted octanol–water partition coefficient (Wildman–Crippen LogP) is 5.48. The van der Waals surface area contributed by atoms with Gasteiger partial charge in [-0.3, -0.25) is 10.1 Å². The molecule has 0 unspecified atom stereocenters. The largest absolute Gasteiger partial charge is 0.465 e. The highest BCUT2D eigenvalue weighted by atomic mass is 31.2. The van der Waals surface area contributed by atoms with E-state index in [1.807, 2.05) is 91.0 Å². The highest BCUT2D eigenvalue weighted by Gasteiger charge is 2.40. The van der Waals surface area contributed by atoms with Gasteiger partial charge in [0.25, 0.3) is 5.69 Å². The molecule has 7 nitrogen and oxygen atoms in total. The molecular weight excluding hydrogens is 549 g/mol. The van der Waals surface area contributed by atoms with Crippen molar-refractivity contribution in [1.82, 2.24) is 0 Å². The van der Waals surface area contributed by atoms with Crippen molar-refractivity contribution < 1.29 is 24.0 Å². The first-order chi connectivity index (χ1) is 20.4. The lowest BCUT2D eigenvalue weighted by Crippen LogP contribution is -2.33. The normalized spacial score (nSPS) is 12.4. The Bertz CT molecular complexity index is 1780. The van der Waals surface area contributed by atoms with E-state index in [4.69, 9.17) is 9.47 Å². The molecule has 1 aliphatic heterocycles. The van der Waals surface area contributed by atoms with Gasteiger partial charge in [0.2, 0.25) is 0 Å². The van der Waals surface area contributed by atoms with Crippen LogP contribution in [0.15, 0.2) is 127 Å². The van der Waals surface area contributed by atoms with Crippen molar-refractivity contribution in [3.05, 3.63) is 149 Å². The molecule has 1 heterocycles. The van der Waals surface area contributed by atoms with Crippen LogP contribution in [-0.4, -0.2) is 29.3 Å². The number of hydrogen-bond acceptors (Lipinski definition) is 6. The van der Waals surface area contributed by atoms with Gasteiger partial charge in [-0.05, 0) is 58.2 Å². The smallest absolute Gasteiger partial charge is 0.345 e. The molecule has 5 aromatic carbocycles. The Morgan fingerprint density at radius 2 is 1.24 bits per heavy atom. The van der Waals surface area contributed by atoms with Crippen LogP contribution in [0.2, 0.25) is 0 Å². The number of hydrogen-bond donors (Lipinski definition) is 0. The number of rotatable bonds is 6. The minimum absolute atomic E-state index is 0.0789. The standard InChI is InChI=1S/C34H24NO6P/c1-40-33(36)29-21-30-31(22-28(29)23-17-19-24(20-18-23)35(38)39)41-34(37)32(30)42(25-11-5-2-6-12-25,26-13-7-3-8-14-26)27-15-9-4-10-16-27/h2-22H,1H3. The van der Waals surface area contributed by atoms with Gasteiger partial charge in [0.15, 0.2) is 0 Å². The van der Waals surface area contributed by atoms with Crippen LogP contribution in [0.1, 0.15) is 15.9 Å². The predicted molar refractivity (Wildman–Crippen MR) is 165 cm³/mol. The molecule has 42 heavy (non-hydrogen) atoms. The van der Waals surface area contributed by atoms with Crippen LogP contribution in [0.25, 0.3) is 11.1 Å². The molecule has 0 spiro atoms. The number of fused-ring (bicyclic) bond motifs is 1. The Kier molecular flexibility index (Phi) is 7.03. The summed E-state index contributed by atoms with van der Waals surface area (Å²) in [5, 5.41) is 14.6. The minimum Gasteiger partial charge on any atom is -0.465 e. The summed E-state index contributed by atoms with van der Waals surface area (Å²) in [4.78, 5) is 38.0. The second-order valence-electron chi connectivity index (χ2n) is 9.61. The van der Waals surface area contributed by atoms with E-state index < -0.39 is 23.7 Å². The van der Waals surface area contributed by atoms with Gasteiger partial charge in [0.1, 0.15) is 5.75 Å². The summed E-state index contributed by atoms with van der Waals surface area (Å²) in [6.45, 7) is -2.84. The second-order valence-corrected chi connectivity index (χ2v) is 12.9. The third kappa shape index (κ3) is 4.41. The van der Waals surface area contributed by atoms with Gasteiger partial charge in [-0.15, -0.1) is 0 Å². The molecule has 5 aromatic rings. The Labute approximate surface area is 242 Å². The van der Waals surface area contributed by atoms with Gasteiger partial charge in [-0.25, -0.2) is 9.59 Å². The van der Waals surface area contributed by atoms with Crippen LogP contribution < -0.4 is 20.7 Å². The number of methoxy groups -OCH3 is 1. The Morgan fingerprint density at radius 3 is 1.69 bits per heavy atom. The van der Waals surface area contributed by atoms with Gasteiger partial charge in [0.05, 0.1) is 22.9 Å². The summed E-state index contributed by atoms with van der Waals surface area (Å²) in [7, 11) is 1.29. The van der Waals surface area contributed by atoms with Gasteiger partial charge in [-0.1, -0.05) is 91.0 Å². The van der Waals surface area contributed by atoms with Crippen LogP contribution in [0.3, 0.4) is 0 Å². The Hall–Kier alpha value is -5.26. The fourth-order valence-electron chi connectivity index (χ4n) is 5.49. The average molecular weight is 574 g/mol. The van der Waals surface area contributed by atoms with Crippen LogP contribution in [0.4, 0.5) is 5.69 Å². The molecule has 0 N–H and O–H groups in total. The topological polar surface area (TPSA) is 95.7 Å². The number of carbonyl (C=O) groups is 2. The molecular formula is C34H24NO6P. The molecule has 0 amide bonds. The van der Waals surface area contributed by atoms with E-state index in [-0.39, 0.29) is 11.3 Å². The molecule has 0 radical (unpaired) electrons. The SMILES string of the molecule is COC(=O)c1cc2c(cc1-c1ccc([N+](=O)[O-])cc1)OC(=O)C2=P(c1ccccc1)(c1ccccc1)c1ccccc1. The molecule has 0 atom stereocenters. The lowest BCUT2D eigenvalue weighted by atomic mass is 9.96. The van der Waals surface area contributed by atoms with Gasteiger partial charge < -0.3 is 9.47 Å². The molecule has 0 saturated carbocycles. The maximum absolute atomic E-state index is 14.1. The molecule has 1 aliphatic rings. The maximum atomic E-state index is 14.1. The highest BCUT2D eigenvalue weighted by Crippen LogP contribution is 2.51. The van der Waals surface area contributed by atoms with Gasteiger partial charge in [0, 0.05) is 17.7 Å². The van der Waals surface area contributed by atoms with Crippen molar-refractivity contribution >= 4 is 45.7 Å². The molecule has 0 fully saturated rings. The third-order valence-electron chi connectivity index (χ3n) is 7.33. The number of esters is 2. The van der Waals surface area contributed by atoms with Crippen molar-refractivity contribution in [3.8, 4) is 16.9 Å². The number of nitro groups is 1. The molecule has 0 aromatic heterocycles. The Balaban J connectivity index is 1.74. The lowest BCUT2D eigenvalue weighted by molar-refractivity contribution is -0.384. The van der Waals surface area contributed by atoms with E-state index in [0.29, 0.717) is 27.7 Å². The molecule has 0 aliphatic carbocycles. The highest BCUT2D eigenvalue weighted by molar-refractivity contribution is 7.96. The minimum atomic E-state index is -2.84. The van der Waals surface area contributed by atoms with Gasteiger partial charge >= 0.3 is 11.9 Å². The maximum Gasteiger partial charge on any atom is 0.345 e. The van der Waals surface area contributed by atoms with E-state index >= 15 is 0 Å². The molecule has 0 saturated heterocycles. The lowest BCUT2D eigenvalue weighted by Gasteiger charge is -2.30. The quantitative estimate of drug-likeness (QED) is 0.0878. The molecule has 0 bridgehead atoms. The fourth-order valence-corrected chi connectivity index (χ4v) is 9.88.